The highest BCUT2D eigenvalue weighted by Gasteiger charge is 2.07. The number of nitrogens with one attached hydrogen (secondary N) is 1. The number of hydrogen-bond donors (Lipinski definition) is 1. The first kappa shape index (κ1) is 18.3. The number of anilines is 1. The van der Waals surface area contributed by atoms with Crippen molar-refractivity contribution >= 4 is 23.3 Å². The van der Waals surface area contributed by atoms with E-state index in [0.717, 1.165) is 30.0 Å². The second-order valence-electron chi connectivity index (χ2n) is 5.56. The molecule has 24 heavy (non-hydrogen) atoms. The van der Waals surface area contributed by atoms with E-state index in [-0.39, 0.29) is 5.91 Å². The van der Waals surface area contributed by atoms with Crippen LogP contribution < -0.4 is 10.2 Å². The van der Waals surface area contributed by atoms with Gasteiger partial charge in [-0.1, -0.05) is 29.8 Å². The monoisotopic (exact) mass is 345 g/mol. The third-order valence-corrected chi connectivity index (χ3v) is 4.34. The molecular weight excluding hydrogens is 322 g/mol. The van der Waals surface area contributed by atoms with Crippen molar-refractivity contribution in [3.63, 3.8) is 0 Å². The van der Waals surface area contributed by atoms with Gasteiger partial charge in [-0.3, -0.25) is 4.79 Å². The lowest BCUT2D eigenvalue weighted by Crippen LogP contribution is -2.24. The van der Waals surface area contributed by atoms with E-state index < -0.39 is 0 Å². The molecule has 5 heteroatoms. The summed E-state index contributed by atoms with van der Waals surface area (Å²) in [5, 5.41) is 3.60. The van der Waals surface area contributed by atoms with Gasteiger partial charge in [-0.15, -0.1) is 0 Å². The zero-order valence-corrected chi connectivity index (χ0v) is 15.0. The SMILES string of the molecule is CCN(CC)c1cc(CCC(=O)NCc2ccccc2Cl)ccn1. The molecular formula is C19H24ClN3O. The Bertz CT molecular complexity index is 671. The van der Waals surface area contributed by atoms with Gasteiger partial charge >= 0.3 is 0 Å². The Hall–Kier alpha value is -2.07. The molecule has 1 N–H and O–H groups in total. The molecule has 0 fully saturated rings. The van der Waals surface area contributed by atoms with Crippen molar-refractivity contribution < 1.29 is 4.79 Å². The molecule has 0 radical (unpaired) electrons. The van der Waals surface area contributed by atoms with Gasteiger partial charge in [-0.05, 0) is 49.6 Å². The van der Waals surface area contributed by atoms with Crippen molar-refractivity contribution in [1.29, 1.82) is 0 Å². The van der Waals surface area contributed by atoms with Crippen LogP contribution in [0.5, 0.6) is 0 Å². The maximum atomic E-state index is 12.1. The minimum Gasteiger partial charge on any atom is -0.357 e. The fourth-order valence-electron chi connectivity index (χ4n) is 2.52. The van der Waals surface area contributed by atoms with Gasteiger partial charge in [-0.2, -0.15) is 0 Å². The normalized spacial score (nSPS) is 10.5. The maximum absolute atomic E-state index is 12.1. The molecule has 0 saturated carbocycles. The lowest BCUT2D eigenvalue weighted by Gasteiger charge is -2.20. The molecule has 0 aliphatic carbocycles. The zero-order valence-electron chi connectivity index (χ0n) is 14.3. The van der Waals surface area contributed by atoms with E-state index in [4.69, 9.17) is 11.6 Å². The highest BCUT2D eigenvalue weighted by Crippen LogP contribution is 2.15. The molecule has 0 atom stereocenters. The van der Waals surface area contributed by atoms with Crippen LogP contribution in [-0.2, 0) is 17.8 Å². The van der Waals surface area contributed by atoms with E-state index >= 15 is 0 Å². The van der Waals surface area contributed by atoms with Gasteiger partial charge in [0.25, 0.3) is 0 Å². The van der Waals surface area contributed by atoms with E-state index in [1.807, 2.05) is 36.5 Å². The highest BCUT2D eigenvalue weighted by atomic mass is 35.5. The molecule has 128 valence electrons. The van der Waals surface area contributed by atoms with Gasteiger partial charge in [0, 0.05) is 37.3 Å². The first-order chi connectivity index (χ1) is 11.6. The predicted octanol–water partition coefficient (Wildman–Crippen LogP) is 3.83. The van der Waals surface area contributed by atoms with Crippen molar-refractivity contribution in [3.05, 3.63) is 58.7 Å². The third kappa shape index (κ3) is 5.24. The molecule has 2 aromatic rings. The molecule has 1 heterocycles. The zero-order chi connectivity index (χ0) is 17.4. The van der Waals surface area contributed by atoms with Crippen LogP contribution in [0.3, 0.4) is 0 Å². The molecule has 0 bridgehead atoms. The molecule has 1 amide bonds. The topological polar surface area (TPSA) is 45.2 Å². The third-order valence-electron chi connectivity index (χ3n) is 3.97. The van der Waals surface area contributed by atoms with E-state index in [2.05, 4.69) is 35.1 Å². The van der Waals surface area contributed by atoms with Gasteiger partial charge in [0.2, 0.25) is 5.91 Å². The number of amides is 1. The van der Waals surface area contributed by atoms with Crippen LogP contribution in [0.2, 0.25) is 5.02 Å². The summed E-state index contributed by atoms with van der Waals surface area (Å²) in [6.07, 6.45) is 2.96. The first-order valence-electron chi connectivity index (χ1n) is 8.34. The number of pyridine rings is 1. The van der Waals surface area contributed by atoms with Crippen molar-refractivity contribution in [2.24, 2.45) is 0 Å². The first-order valence-corrected chi connectivity index (χ1v) is 8.71. The van der Waals surface area contributed by atoms with Crippen LogP contribution in [0, 0.1) is 0 Å². The fourth-order valence-corrected chi connectivity index (χ4v) is 2.72. The molecule has 2 rings (SSSR count). The van der Waals surface area contributed by atoms with Crippen molar-refractivity contribution in [3.8, 4) is 0 Å². The van der Waals surface area contributed by atoms with Crippen LogP contribution in [0.4, 0.5) is 5.82 Å². The van der Waals surface area contributed by atoms with Gasteiger partial charge in [0.1, 0.15) is 5.82 Å². The summed E-state index contributed by atoms with van der Waals surface area (Å²) in [4.78, 5) is 18.7. The Morgan fingerprint density at radius 3 is 2.67 bits per heavy atom. The Balaban J connectivity index is 1.85. The average Bonchev–Trinajstić information content (AvgIpc) is 2.61. The molecule has 1 aromatic heterocycles. The van der Waals surface area contributed by atoms with Crippen molar-refractivity contribution in [2.75, 3.05) is 18.0 Å². The van der Waals surface area contributed by atoms with Gasteiger partial charge < -0.3 is 10.2 Å². The lowest BCUT2D eigenvalue weighted by atomic mass is 10.1. The summed E-state index contributed by atoms with van der Waals surface area (Å²) in [7, 11) is 0. The van der Waals surface area contributed by atoms with E-state index in [1.54, 1.807) is 0 Å². The van der Waals surface area contributed by atoms with Gasteiger partial charge in [0.15, 0.2) is 0 Å². The van der Waals surface area contributed by atoms with Crippen LogP contribution in [0.15, 0.2) is 42.6 Å². The largest absolute Gasteiger partial charge is 0.357 e. The number of carbonyl (C=O) groups is 1. The van der Waals surface area contributed by atoms with Crippen LogP contribution in [-0.4, -0.2) is 24.0 Å². The highest BCUT2D eigenvalue weighted by molar-refractivity contribution is 6.31. The number of rotatable bonds is 8. The Labute approximate surface area is 148 Å². The quantitative estimate of drug-likeness (QED) is 0.790. The minimum atomic E-state index is 0.0242. The predicted molar refractivity (Wildman–Crippen MR) is 99.4 cm³/mol. The molecule has 0 unspecified atom stereocenters. The summed E-state index contributed by atoms with van der Waals surface area (Å²) >= 11 is 6.09. The number of aromatic nitrogens is 1. The summed E-state index contributed by atoms with van der Waals surface area (Å²) in [6, 6.07) is 11.6. The van der Waals surface area contributed by atoms with E-state index in [9.17, 15) is 4.79 Å². The number of hydrogen-bond acceptors (Lipinski definition) is 3. The number of carbonyl (C=O) groups excluding carboxylic acids is 1. The summed E-state index contributed by atoms with van der Waals surface area (Å²) < 4.78 is 0. The average molecular weight is 346 g/mol. The summed E-state index contributed by atoms with van der Waals surface area (Å²) in [6.45, 7) is 6.52. The van der Waals surface area contributed by atoms with Crippen molar-refractivity contribution in [2.45, 2.75) is 33.2 Å². The van der Waals surface area contributed by atoms with Gasteiger partial charge in [-0.25, -0.2) is 4.98 Å². The van der Waals surface area contributed by atoms with E-state index in [1.165, 1.54) is 0 Å². The minimum absolute atomic E-state index is 0.0242. The standard InChI is InChI=1S/C19H24ClN3O/c1-3-23(4-2)18-13-15(11-12-21-18)9-10-19(24)22-14-16-7-5-6-8-17(16)20/h5-8,11-13H,3-4,9-10,14H2,1-2H3,(H,22,24). The molecule has 0 spiro atoms. The molecule has 0 saturated heterocycles. The van der Waals surface area contributed by atoms with Crippen LogP contribution in [0.1, 0.15) is 31.4 Å². The summed E-state index contributed by atoms with van der Waals surface area (Å²) in [5.74, 6) is 0.991. The second kappa shape index (κ2) is 9.28. The Morgan fingerprint density at radius 2 is 1.96 bits per heavy atom. The van der Waals surface area contributed by atoms with Gasteiger partial charge in [0.05, 0.1) is 0 Å². The lowest BCUT2D eigenvalue weighted by molar-refractivity contribution is -0.121. The molecule has 0 aliphatic heterocycles. The maximum Gasteiger partial charge on any atom is 0.220 e. The molecule has 1 aromatic carbocycles. The molecule has 0 aliphatic rings. The number of aryl methyl sites for hydroxylation is 1. The second-order valence-corrected chi connectivity index (χ2v) is 5.97. The van der Waals surface area contributed by atoms with Crippen LogP contribution in [0.25, 0.3) is 0 Å². The Morgan fingerprint density at radius 1 is 1.21 bits per heavy atom. The number of halogens is 1. The molecule has 4 nitrogen and oxygen atoms in total. The fraction of sp³-hybridized carbons (Fsp3) is 0.368. The summed E-state index contributed by atoms with van der Waals surface area (Å²) in [5.41, 5.74) is 2.06. The smallest absolute Gasteiger partial charge is 0.220 e. The number of nitrogens with zero attached hydrogens (tertiary/aromatic N) is 2. The van der Waals surface area contributed by atoms with Crippen molar-refractivity contribution in [1.82, 2.24) is 10.3 Å². The Kier molecular flexibility index (Phi) is 7.07. The van der Waals surface area contributed by atoms with E-state index in [0.29, 0.717) is 24.4 Å². The van der Waals surface area contributed by atoms with Crippen LogP contribution >= 0.6 is 11.6 Å². The number of benzene rings is 1.